The first-order valence-electron chi connectivity index (χ1n) is 4.32. The Hall–Kier alpha value is 0.160. The molecule has 1 heterocycles. The van der Waals surface area contributed by atoms with Crippen LogP contribution in [0.5, 0.6) is 0 Å². The Morgan fingerprint density at radius 1 is 1.43 bits per heavy atom. The van der Waals surface area contributed by atoms with Crippen molar-refractivity contribution in [2.24, 2.45) is 11.7 Å². The van der Waals surface area contributed by atoms with Crippen molar-refractivity contribution in [3.63, 3.8) is 0 Å². The molecule has 0 aliphatic rings. The zero-order valence-electron chi connectivity index (χ0n) is 8.00. The van der Waals surface area contributed by atoms with E-state index in [2.05, 4.69) is 31.9 Å². The van der Waals surface area contributed by atoms with Crippen molar-refractivity contribution in [3.8, 4) is 0 Å². The average molecular weight is 327 g/mol. The molecule has 1 aromatic rings. The molecule has 5 heteroatoms. The molecule has 80 valence electrons. The molecule has 3 nitrogen and oxygen atoms in total. The standard InChI is InChI=1S/C9H13Br2NO2/c1-4(2)7(12)8(13)6-3-5(10)9(11)14-6/h3-4,7-8,13H,12H2,1-2H3. The lowest BCUT2D eigenvalue weighted by atomic mass is 9.98. The normalized spacial score (nSPS) is 15.9. The van der Waals surface area contributed by atoms with Gasteiger partial charge in [-0.3, -0.25) is 0 Å². The predicted molar refractivity (Wildman–Crippen MR) is 61.9 cm³/mol. The molecule has 0 saturated heterocycles. The van der Waals surface area contributed by atoms with E-state index in [9.17, 15) is 5.11 Å². The van der Waals surface area contributed by atoms with E-state index in [0.717, 1.165) is 4.47 Å². The summed E-state index contributed by atoms with van der Waals surface area (Å²) in [6, 6.07) is 1.40. The van der Waals surface area contributed by atoms with Gasteiger partial charge in [0.1, 0.15) is 11.9 Å². The number of aliphatic hydroxyl groups excluding tert-OH is 1. The van der Waals surface area contributed by atoms with Crippen LogP contribution in [0.3, 0.4) is 0 Å². The second kappa shape index (κ2) is 4.79. The van der Waals surface area contributed by atoms with Gasteiger partial charge in [0.05, 0.1) is 4.47 Å². The third-order valence-electron chi connectivity index (χ3n) is 2.09. The minimum Gasteiger partial charge on any atom is -0.450 e. The van der Waals surface area contributed by atoms with E-state index in [1.807, 2.05) is 13.8 Å². The van der Waals surface area contributed by atoms with E-state index in [0.29, 0.717) is 10.4 Å². The molecule has 3 N–H and O–H groups in total. The van der Waals surface area contributed by atoms with Crippen LogP contribution >= 0.6 is 31.9 Å². The van der Waals surface area contributed by atoms with Gasteiger partial charge in [-0.2, -0.15) is 0 Å². The van der Waals surface area contributed by atoms with Crippen molar-refractivity contribution in [2.75, 3.05) is 0 Å². The van der Waals surface area contributed by atoms with Gasteiger partial charge in [0, 0.05) is 6.04 Å². The summed E-state index contributed by atoms with van der Waals surface area (Å²) in [5.74, 6) is 0.678. The summed E-state index contributed by atoms with van der Waals surface area (Å²) in [6.45, 7) is 3.92. The van der Waals surface area contributed by atoms with Gasteiger partial charge in [-0.05, 0) is 43.8 Å². The minimum absolute atomic E-state index is 0.202. The Labute approximate surface area is 99.9 Å². The lowest BCUT2D eigenvalue weighted by Gasteiger charge is -2.20. The van der Waals surface area contributed by atoms with Crippen molar-refractivity contribution >= 4 is 31.9 Å². The molecule has 0 spiro atoms. The van der Waals surface area contributed by atoms with E-state index in [-0.39, 0.29) is 12.0 Å². The summed E-state index contributed by atoms with van der Waals surface area (Å²) >= 11 is 6.48. The van der Waals surface area contributed by atoms with Gasteiger partial charge in [-0.25, -0.2) is 0 Å². The lowest BCUT2D eigenvalue weighted by molar-refractivity contribution is 0.102. The van der Waals surface area contributed by atoms with Crippen molar-refractivity contribution in [1.29, 1.82) is 0 Å². The maximum atomic E-state index is 9.84. The second-order valence-electron chi connectivity index (χ2n) is 3.54. The maximum absolute atomic E-state index is 9.84. The zero-order chi connectivity index (χ0) is 10.9. The molecule has 0 aromatic carbocycles. The molecule has 0 aliphatic carbocycles. The largest absolute Gasteiger partial charge is 0.450 e. The smallest absolute Gasteiger partial charge is 0.183 e. The quantitative estimate of drug-likeness (QED) is 0.898. The van der Waals surface area contributed by atoms with Crippen molar-refractivity contribution in [3.05, 3.63) is 21.0 Å². The SMILES string of the molecule is CC(C)C(N)C(O)c1cc(Br)c(Br)o1. The van der Waals surface area contributed by atoms with Crippen LogP contribution in [-0.4, -0.2) is 11.1 Å². The van der Waals surface area contributed by atoms with Crippen molar-refractivity contribution in [2.45, 2.75) is 26.0 Å². The van der Waals surface area contributed by atoms with E-state index in [1.54, 1.807) is 6.07 Å². The predicted octanol–water partition coefficient (Wildman–Crippen LogP) is 2.82. The fourth-order valence-corrected chi connectivity index (χ4v) is 1.67. The summed E-state index contributed by atoms with van der Waals surface area (Å²) in [7, 11) is 0. The number of furan rings is 1. The first kappa shape index (κ1) is 12.2. The monoisotopic (exact) mass is 325 g/mol. The van der Waals surface area contributed by atoms with Crippen LogP contribution in [0.1, 0.15) is 25.7 Å². The molecule has 14 heavy (non-hydrogen) atoms. The highest BCUT2D eigenvalue weighted by molar-refractivity contribution is 9.13. The Morgan fingerprint density at radius 3 is 2.36 bits per heavy atom. The van der Waals surface area contributed by atoms with Crippen LogP contribution in [0.15, 0.2) is 19.6 Å². The van der Waals surface area contributed by atoms with Crippen LogP contribution in [0, 0.1) is 5.92 Å². The Morgan fingerprint density at radius 2 is 2.00 bits per heavy atom. The fourth-order valence-electron chi connectivity index (χ4n) is 1.06. The highest BCUT2D eigenvalue weighted by Crippen LogP contribution is 2.31. The van der Waals surface area contributed by atoms with Gasteiger partial charge in [0.25, 0.3) is 0 Å². The molecule has 0 fully saturated rings. The van der Waals surface area contributed by atoms with Gasteiger partial charge in [0.15, 0.2) is 4.67 Å². The van der Waals surface area contributed by atoms with Gasteiger partial charge >= 0.3 is 0 Å². The molecular formula is C9H13Br2NO2. The summed E-state index contributed by atoms with van der Waals surface area (Å²) in [4.78, 5) is 0. The van der Waals surface area contributed by atoms with Gasteiger partial charge in [0.2, 0.25) is 0 Å². The number of hydrogen-bond donors (Lipinski definition) is 2. The fraction of sp³-hybridized carbons (Fsp3) is 0.556. The van der Waals surface area contributed by atoms with Crippen molar-refractivity contribution < 1.29 is 9.52 Å². The van der Waals surface area contributed by atoms with E-state index >= 15 is 0 Å². The van der Waals surface area contributed by atoms with E-state index in [1.165, 1.54) is 0 Å². The topological polar surface area (TPSA) is 59.4 Å². The van der Waals surface area contributed by atoms with Crippen LogP contribution in [0.4, 0.5) is 0 Å². The van der Waals surface area contributed by atoms with Crippen LogP contribution in [-0.2, 0) is 0 Å². The molecule has 2 unspecified atom stereocenters. The van der Waals surface area contributed by atoms with E-state index < -0.39 is 6.10 Å². The molecule has 0 aliphatic heterocycles. The molecule has 0 bridgehead atoms. The molecule has 2 atom stereocenters. The first-order chi connectivity index (χ1) is 6.43. The molecule has 0 radical (unpaired) electrons. The summed E-state index contributed by atoms with van der Waals surface area (Å²) in [5, 5.41) is 9.84. The molecule has 0 saturated carbocycles. The minimum atomic E-state index is -0.766. The molecule has 1 aromatic heterocycles. The van der Waals surface area contributed by atoms with Gasteiger partial charge in [-0.1, -0.05) is 13.8 Å². The first-order valence-corrected chi connectivity index (χ1v) is 5.90. The summed E-state index contributed by atoms with van der Waals surface area (Å²) in [6.07, 6.45) is -0.766. The number of hydrogen-bond acceptors (Lipinski definition) is 3. The summed E-state index contributed by atoms with van der Waals surface area (Å²) in [5.41, 5.74) is 5.81. The van der Waals surface area contributed by atoms with Crippen LogP contribution in [0.25, 0.3) is 0 Å². The Balaban J connectivity index is 2.83. The Bertz CT molecular complexity index is 292. The molecule has 0 amide bonds. The summed E-state index contributed by atoms with van der Waals surface area (Å²) < 4.78 is 6.64. The second-order valence-corrected chi connectivity index (χ2v) is 5.11. The number of nitrogens with two attached hydrogens (primary N) is 1. The maximum Gasteiger partial charge on any atom is 0.183 e. The highest BCUT2D eigenvalue weighted by Gasteiger charge is 2.23. The van der Waals surface area contributed by atoms with Crippen molar-refractivity contribution in [1.82, 2.24) is 0 Å². The third kappa shape index (κ3) is 2.59. The number of rotatable bonds is 3. The van der Waals surface area contributed by atoms with Gasteiger partial charge in [-0.15, -0.1) is 0 Å². The van der Waals surface area contributed by atoms with Crippen LogP contribution < -0.4 is 5.73 Å². The van der Waals surface area contributed by atoms with Gasteiger partial charge < -0.3 is 15.3 Å². The highest BCUT2D eigenvalue weighted by atomic mass is 79.9. The lowest BCUT2D eigenvalue weighted by Crippen LogP contribution is -2.33. The van der Waals surface area contributed by atoms with E-state index in [4.69, 9.17) is 10.2 Å². The molecule has 1 rings (SSSR count). The van der Waals surface area contributed by atoms with Crippen LogP contribution in [0.2, 0.25) is 0 Å². The third-order valence-corrected chi connectivity index (χ3v) is 3.80. The number of aliphatic hydroxyl groups is 1. The average Bonchev–Trinajstić information content (AvgIpc) is 2.44. The number of halogens is 2. The Kier molecular flexibility index (Phi) is 4.18. The molecular weight excluding hydrogens is 314 g/mol. The zero-order valence-corrected chi connectivity index (χ0v) is 11.2.